The molecule has 0 radical (unpaired) electrons. The van der Waals surface area contributed by atoms with E-state index >= 15 is 0 Å². The van der Waals surface area contributed by atoms with Crippen molar-refractivity contribution in [2.75, 3.05) is 41.5 Å². The Morgan fingerprint density at radius 3 is 1.97 bits per heavy atom. The maximum Gasteiger partial charge on any atom is 0.118 e. The molecule has 1 heterocycles. The molecule has 5 heteroatoms. The summed E-state index contributed by atoms with van der Waals surface area (Å²) >= 11 is 0. The number of ether oxygens (including phenoxy) is 2. The maximum atomic E-state index is 5.36. The Labute approximate surface area is 181 Å². The SMILES string of the molecule is COc1ccc(CN2CNC3(CCC(c4ccc(OC)cc4)(N(C)C)CC3)C2)cc1. The molecule has 4 rings (SSSR count). The van der Waals surface area contributed by atoms with Gasteiger partial charge in [-0.1, -0.05) is 24.3 Å². The second-order valence-electron chi connectivity index (χ2n) is 9.10. The van der Waals surface area contributed by atoms with Crippen LogP contribution in [0.15, 0.2) is 48.5 Å². The van der Waals surface area contributed by atoms with Crippen molar-refractivity contribution < 1.29 is 9.47 Å². The molecule has 2 aliphatic rings. The van der Waals surface area contributed by atoms with Crippen LogP contribution in [0.25, 0.3) is 0 Å². The van der Waals surface area contributed by atoms with Crippen molar-refractivity contribution in [3.05, 3.63) is 59.7 Å². The first-order valence-corrected chi connectivity index (χ1v) is 10.9. The summed E-state index contributed by atoms with van der Waals surface area (Å²) in [5.41, 5.74) is 3.07. The van der Waals surface area contributed by atoms with Crippen molar-refractivity contribution in [2.45, 2.75) is 43.3 Å². The van der Waals surface area contributed by atoms with E-state index in [1.807, 2.05) is 0 Å². The zero-order valence-corrected chi connectivity index (χ0v) is 18.8. The fourth-order valence-electron chi connectivity index (χ4n) is 5.29. The van der Waals surface area contributed by atoms with Crippen molar-refractivity contribution in [1.82, 2.24) is 15.1 Å². The largest absolute Gasteiger partial charge is 0.497 e. The summed E-state index contributed by atoms with van der Waals surface area (Å²) in [4.78, 5) is 4.96. The molecule has 0 bridgehead atoms. The quantitative estimate of drug-likeness (QED) is 0.785. The van der Waals surface area contributed by atoms with Gasteiger partial charge in [-0.05, 0) is 75.2 Å². The van der Waals surface area contributed by atoms with Crippen LogP contribution in [-0.2, 0) is 12.1 Å². The highest BCUT2D eigenvalue weighted by molar-refractivity contribution is 5.33. The third kappa shape index (κ3) is 4.07. The Balaban J connectivity index is 1.42. The highest BCUT2D eigenvalue weighted by atomic mass is 16.5. The highest BCUT2D eigenvalue weighted by Gasteiger charge is 2.47. The molecule has 1 aliphatic carbocycles. The standard InChI is InChI=1S/C25H35N3O2/c1-27(2)25(21-7-11-23(30-4)12-8-21)15-13-24(14-16-25)18-28(19-26-24)17-20-5-9-22(29-3)10-6-20/h5-12,26H,13-19H2,1-4H3. The normalized spacial score (nSPS) is 27.0. The summed E-state index contributed by atoms with van der Waals surface area (Å²) in [6, 6.07) is 17.1. The third-order valence-corrected chi connectivity index (χ3v) is 7.29. The second-order valence-corrected chi connectivity index (χ2v) is 9.10. The van der Waals surface area contributed by atoms with E-state index in [1.54, 1.807) is 14.2 Å². The van der Waals surface area contributed by atoms with Crippen molar-refractivity contribution in [3.8, 4) is 11.5 Å². The molecule has 0 unspecified atom stereocenters. The minimum absolute atomic E-state index is 0.0998. The van der Waals surface area contributed by atoms with Gasteiger partial charge in [-0.2, -0.15) is 0 Å². The second kappa shape index (κ2) is 8.58. The van der Waals surface area contributed by atoms with E-state index in [2.05, 4.69) is 77.7 Å². The molecular weight excluding hydrogens is 374 g/mol. The van der Waals surface area contributed by atoms with Crippen LogP contribution in [0, 0.1) is 0 Å². The number of hydrogen-bond acceptors (Lipinski definition) is 5. The molecule has 1 saturated carbocycles. The first-order chi connectivity index (χ1) is 14.5. The Morgan fingerprint density at radius 2 is 1.43 bits per heavy atom. The summed E-state index contributed by atoms with van der Waals surface area (Å²) in [5.74, 6) is 1.84. The van der Waals surface area contributed by atoms with Crippen LogP contribution < -0.4 is 14.8 Å². The molecular formula is C25H35N3O2. The first-order valence-electron chi connectivity index (χ1n) is 10.9. The first kappa shape index (κ1) is 21.2. The Hall–Kier alpha value is -2.08. The number of nitrogens with one attached hydrogen (secondary N) is 1. The molecule has 2 aromatic rings. The van der Waals surface area contributed by atoms with Gasteiger partial charge in [0.05, 0.1) is 14.2 Å². The van der Waals surface area contributed by atoms with Crippen LogP contribution in [0.4, 0.5) is 0 Å². The minimum atomic E-state index is 0.0998. The summed E-state index contributed by atoms with van der Waals surface area (Å²) in [5, 5.41) is 3.87. The van der Waals surface area contributed by atoms with Gasteiger partial charge in [0.15, 0.2) is 0 Å². The third-order valence-electron chi connectivity index (χ3n) is 7.29. The van der Waals surface area contributed by atoms with E-state index in [4.69, 9.17) is 9.47 Å². The fourth-order valence-corrected chi connectivity index (χ4v) is 5.29. The molecule has 0 atom stereocenters. The molecule has 1 N–H and O–H groups in total. The van der Waals surface area contributed by atoms with Crippen LogP contribution in [0.3, 0.4) is 0 Å². The van der Waals surface area contributed by atoms with E-state index in [-0.39, 0.29) is 11.1 Å². The number of benzene rings is 2. The lowest BCUT2D eigenvalue weighted by Crippen LogP contribution is -2.53. The van der Waals surface area contributed by atoms with Gasteiger partial charge in [0.25, 0.3) is 0 Å². The lowest BCUT2D eigenvalue weighted by Gasteiger charge is -2.49. The molecule has 1 saturated heterocycles. The molecule has 162 valence electrons. The van der Waals surface area contributed by atoms with Crippen LogP contribution >= 0.6 is 0 Å². The van der Waals surface area contributed by atoms with Crippen molar-refractivity contribution in [2.24, 2.45) is 0 Å². The lowest BCUT2D eigenvalue weighted by atomic mass is 9.69. The summed E-state index contributed by atoms with van der Waals surface area (Å²) in [6.45, 7) is 3.06. The van der Waals surface area contributed by atoms with Gasteiger partial charge in [0, 0.05) is 30.8 Å². The van der Waals surface area contributed by atoms with Crippen molar-refractivity contribution in [1.29, 1.82) is 0 Å². The molecule has 2 fully saturated rings. The topological polar surface area (TPSA) is 37.0 Å². The average molecular weight is 410 g/mol. The van der Waals surface area contributed by atoms with Gasteiger partial charge in [0.2, 0.25) is 0 Å². The molecule has 1 aliphatic heterocycles. The molecule has 30 heavy (non-hydrogen) atoms. The zero-order chi connectivity index (χ0) is 21.2. The lowest BCUT2D eigenvalue weighted by molar-refractivity contribution is 0.0615. The summed E-state index contributed by atoms with van der Waals surface area (Å²) in [7, 11) is 7.89. The van der Waals surface area contributed by atoms with Gasteiger partial charge < -0.3 is 9.47 Å². The summed E-state index contributed by atoms with van der Waals surface area (Å²) < 4.78 is 10.6. The van der Waals surface area contributed by atoms with Crippen LogP contribution in [0.5, 0.6) is 11.5 Å². The van der Waals surface area contributed by atoms with E-state index in [0.29, 0.717) is 0 Å². The molecule has 0 aromatic heterocycles. The Bertz CT molecular complexity index is 824. The van der Waals surface area contributed by atoms with E-state index in [1.165, 1.54) is 24.0 Å². The Kier molecular flexibility index (Phi) is 6.05. The Morgan fingerprint density at radius 1 is 0.867 bits per heavy atom. The van der Waals surface area contributed by atoms with Crippen LogP contribution in [-0.4, -0.2) is 56.9 Å². The van der Waals surface area contributed by atoms with E-state index in [0.717, 1.165) is 44.1 Å². The van der Waals surface area contributed by atoms with Gasteiger partial charge in [0.1, 0.15) is 11.5 Å². The van der Waals surface area contributed by atoms with Crippen molar-refractivity contribution in [3.63, 3.8) is 0 Å². The predicted molar refractivity (Wildman–Crippen MR) is 121 cm³/mol. The maximum absolute atomic E-state index is 5.36. The number of rotatable bonds is 6. The van der Waals surface area contributed by atoms with Crippen LogP contribution in [0.1, 0.15) is 36.8 Å². The number of nitrogens with zero attached hydrogens (tertiary/aromatic N) is 2. The van der Waals surface area contributed by atoms with Gasteiger partial charge in [-0.25, -0.2) is 0 Å². The number of hydrogen-bond donors (Lipinski definition) is 1. The van der Waals surface area contributed by atoms with Gasteiger partial charge >= 0.3 is 0 Å². The fraction of sp³-hybridized carbons (Fsp3) is 0.520. The van der Waals surface area contributed by atoms with Crippen molar-refractivity contribution >= 4 is 0 Å². The molecule has 0 amide bonds. The number of methoxy groups -OCH3 is 2. The molecule has 1 spiro atoms. The molecule has 5 nitrogen and oxygen atoms in total. The predicted octanol–water partition coefficient (Wildman–Crippen LogP) is 3.84. The minimum Gasteiger partial charge on any atom is -0.497 e. The average Bonchev–Trinajstić information content (AvgIpc) is 3.17. The molecule has 2 aromatic carbocycles. The highest BCUT2D eigenvalue weighted by Crippen LogP contribution is 2.46. The zero-order valence-electron chi connectivity index (χ0n) is 18.8. The smallest absolute Gasteiger partial charge is 0.118 e. The van der Waals surface area contributed by atoms with Gasteiger partial charge in [-0.15, -0.1) is 0 Å². The monoisotopic (exact) mass is 409 g/mol. The van der Waals surface area contributed by atoms with Crippen LogP contribution in [0.2, 0.25) is 0 Å². The van der Waals surface area contributed by atoms with E-state index in [9.17, 15) is 0 Å². The summed E-state index contributed by atoms with van der Waals surface area (Å²) in [6.07, 6.45) is 4.71. The van der Waals surface area contributed by atoms with E-state index < -0.39 is 0 Å². The van der Waals surface area contributed by atoms with Gasteiger partial charge in [-0.3, -0.25) is 15.1 Å².